The summed E-state index contributed by atoms with van der Waals surface area (Å²) in [4.78, 5) is 5.73. The smallest absolute Gasteiger partial charge is 0.193 e. The summed E-state index contributed by atoms with van der Waals surface area (Å²) in [5.41, 5.74) is 4.18. The maximum Gasteiger partial charge on any atom is 0.193 e. The second-order valence-corrected chi connectivity index (χ2v) is 6.52. The van der Waals surface area contributed by atoms with Crippen LogP contribution in [-0.4, -0.2) is 15.4 Å². The maximum atomic E-state index is 5.77. The summed E-state index contributed by atoms with van der Waals surface area (Å²) in [6.07, 6.45) is 10.4. The molecule has 3 rings (SSSR count). The van der Waals surface area contributed by atoms with Crippen molar-refractivity contribution in [2.45, 2.75) is 45.1 Å². The normalized spacial score (nSPS) is 25.2. The van der Waals surface area contributed by atoms with Crippen molar-refractivity contribution in [2.75, 3.05) is 0 Å². The van der Waals surface area contributed by atoms with E-state index in [0.717, 1.165) is 23.0 Å². The zero-order chi connectivity index (χ0) is 13.2. The molecule has 2 aromatic heterocycles. The van der Waals surface area contributed by atoms with E-state index in [-0.39, 0.29) is 0 Å². The highest BCUT2D eigenvalue weighted by Gasteiger charge is 2.30. The quantitative estimate of drug-likeness (QED) is 0.653. The fraction of sp³-hybridized carbons (Fsp3) is 0.643. The van der Waals surface area contributed by atoms with Gasteiger partial charge in [0.05, 0.1) is 5.69 Å². The van der Waals surface area contributed by atoms with Crippen molar-refractivity contribution in [3.63, 3.8) is 0 Å². The van der Waals surface area contributed by atoms with Crippen LogP contribution in [0.2, 0.25) is 0 Å². The van der Waals surface area contributed by atoms with Crippen molar-refractivity contribution in [1.82, 2.24) is 14.8 Å². The molecule has 3 unspecified atom stereocenters. The fourth-order valence-corrected chi connectivity index (χ4v) is 4.03. The highest BCUT2D eigenvalue weighted by molar-refractivity contribution is 7.15. The lowest BCUT2D eigenvalue weighted by Crippen LogP contribution is -2.41. The number of thiazole rings is 1. The van der Waals surface area contributed by atoms with Gasteiger partial charge >= 0.3 is 0 Å². The number of rotatable bonds is 5. The standard InChI is InChI=1S/C14H22N4S/c1-2-10-3-4-11(7-10)13(17-15)8-12-9-18-5-6-19-14(18)16-12/h5-6,9-11,13,17H,2-4,7-8,15H2,1H3. The molecule has 0 bridgehead atoms. The van der Waals surface area contributed by atoms with Gasteiger partial charge in [0.1, 0.15) is 0 Å². The molecule has 0 aromatic carbocycles. The topological polar surface area (TPSA) is 55.3 Å². The molecular formula is C14H22N4S. The minimum Gasteiger partial charge on any atom is -0.297 e. The number of nitrogens with two attached hydrogens (primary N) is 1. The Bertz CT molecular complexity index is 504. The van der Waals surface area contributed by atoms with E-state index in [1.54, 1.807) is 11.3 Å². The molecule has 3 N–H and O–H groups in total. The Kier molecular flexibility index (Phi) is 3.86. The van der Waals surface area contributed by atoms with Crippen LogP contribution in [0.5, 0.6) is 0 Å². The number of imidazole rings is 1. The van der Waals surface area contributed by atoms with Gasteiger partial charge in [-0.3, -0.25) is 15.7 Å². The van der Waals surface area contributed by atoms with Gasteiger partial charge in [-0.1, -0.05) is 19.8 Å². The predicted octanol–water partition coefficient (Wildman–Crippen LogP) is 2.60. The number of nitrogens with one attached hydrogen (secondary N) is 1. The number of hydrogen-bond acceptors (Lipinski definition) is 4. The summed E-state index contributed by atoms with van der Waals surface area (Å²) >= 11 is 1.68. The maximum absolute atomic E-state index is 5.77. The van der Waals surface area contributed by atoms with Crippen molar-refractivity contribution in [1.29, 1.82) is 0 Å². The van der Waals surface area contributed by atoms with E-state index in [1.165, 1.54) is 25.7 Å². The summed E-state index contributed by atoms with van der Waals surface area (Å²) in [6.45, 7) is 2.29. The molecule has 19 heavy (non-hydrogen) atoms. The summed E-state index contributed by atoms with van der Waals surface area (Å²) in [5, 5.41) is 2.06. The van der Waals surface area contributed by atoms with Gasteiger partial charge in [-0.25, -0.2) is 4.98 Å². The zero-order valence-corrected chi connectivity index (χ0v) is 12.2. The predicted molar refractivity (Wildman–Crippen MR) is 79.0 cm³/mol. The average Bonchev–Trinajstić information content (AvgIpc) is 3.10. The molecule has 1 saturated carbocycles. The first-order valence-electron chi connectivity index (χ1n) is 7.17. The average molecular weight is 278 g/mol. The molecule has 0 amide bonds. The highest BCUT2D eigenvalue weighted by Crippen LogP contribution is 2.35. The molecule has 104 valence electrons. The fourth-order valence-electron chi connectivity index (χ4n) is 3.31. The number of aromatic nitrogens is 2. The van der Waals surface area contributed by atoms with E-state index in [2.05, 4.69) is 39.5 Å². The molecule has 0 radical (unpaired) electrons. The van der Waals surface area contributed by atoms with Crippen molar-refractivity contribution in [3.05, 3.63) is 23.5 Å². The van der Waals surface area contributed by atoms with Crippen LogP contribution in [0, 0.1) is 11.8 Å². The number of fused-ring (bicyclic) bond motifs is 1. The van der Waals surface area contributed by atoms with Crippen molar-refractivity contribution in [3.8, 4) is 0 Å². The summed E-state index contributed by atoms with van der Waals surface area (Å²) in [6, 6.07) is 0.362. The van der Waals surface area contributed by atoms with Crippen LogP contribution in [0.1, 0.15) is 38.3 Å². The third-order valence-corrected chi connectivity index (χ3v) is 5.29. The zero-order valence-electron chi connectivity index (χ0n) is 11.4. The van der Waals surface area contributed by atoms with Gasteiger partial charge in [0.25, 0.3) is 0 Å². The van der Waals surface area contributed by atoms with Crippen molar-refractivity contribution < 1.29 is 0 Å². The van der Waals surface area contributed by atoms with Crippen LogP contribution in [0.15, 0.2) is 17.8 Å². The second-order valence-electron chi connectivity index (χ2n) is 5.65. The number of hydrogen-bond donors (Lipinski definition) is 2. The van der Waals surface area contributed by atoms with E-state index in [9.17, 15) is 0 Å². The van der Waals surface area contributed by atoms with Crippen LogP contribution >= 0.6 is 11.3 Å². The molecule has 3 atom stereocenters. The van der Waals surface area contributed by atoms with Crippen molar-refractivity contribution >= 4 is 16.3 Å². The van der Waals surface area contributed by atoms with Crippen LogP contribution < -0.4 is 11.3 Å². The molecule has 2 aromatic rings. The summed E-state index contributed by atoms with van der Waals surface area (Å²) < 4.78 is 2.09. The Morgan fingerprint density at radius 1 is 1.58 bits per heavy atom. The van der Waals surface area contributed by atoms with Crippen LogP contribution in [0.25, 0.3) is 4.96 Å². The Morgan fingerprint density at radius 2 is 2.47 bits per heavy atom. The number of hydrazine groups is 1. The molecule has 5 heteroatoms. The summed E-state index contributed by atoms with van der Waals surface area (Å²) in [7, 11) is 0. The SMILES string of the molecule is CCC1CCC(C(Cc2cn3ccsc3n2)NN)C1. The third kappa shape index (κ3) is 2.68. The molecule has 1 aliphatic rings. The van der Waals surface area contributed by atoms with Crippen LogP contribution in [0.4, 0.5) is 0 Å². The molecule has 0 aliphatic heterocycles. The first-order valence-corrected chi connectivity index (χ1v) is 8.05. The van der Waals surface area contributed by atoms with E-state index < -0.39 is 0 Å². The molecular weight excluding hydrogens is 256 g/mol. The van der Waals surface area contributed by atoms with E-state index in [0.29, 0.717) is 12.0 Å². The Hall–Kier alpha value is -0.910. The lowest BCUT2D eigenvalue weighted by Gasteiger charge is -2.22. The Morgan fingerprint density at radius 3 is 3.16 bits per heavy atom. The molecule has 0 saturated heterocycles. The molecule has 4 nitrogen and oxygen atoms in total. The van der Waals surface area contributed by atoms with Crippen molar-refractivity contribution in [2.24, 2.45) is 17.7 Å². The van der Waals surface area contributed by atoms with Gasteiger partial charge in [0.2, 0.25) is 0 Å². The Balaban J connectivity index is 1.68. The third-order valence-electron chi connectivity index (χ3n) is 4.51. The van der Waals surface area contributed by atoms with Gasteiger partial charge in [-0.05, 0) is 24.7 Å². The lowest BCUT2D eigenvalue weighted by molar-refractivity contribution is 0.346. The van der Waals surface area contributed by atoms with Gasteiger partial charge in [0, 0.05) is 30.2 Å². The monoisotopic (exact) mass is 278 g/mol. The molecule has 0 spiro atoms. The van der Waals surface area contributed by atoms with E-state index >= 15 is 0 Å². The molecule has 2 heterocycles. The first kappa shape index (κ1) is 13.1. The minimum absolute atomic E-state index is 0.362. The first-order chi connectivity index (χ1) is 9.30. The van der Waals surface area contributed by atoms with Crippen LogP contribution in [-0.2, 0) is 6.42 Å². The minimum atomic E-state index is 0.362. The molecule has 1 fully saturated rings. The number of nitrogens with zero attached hydrogens (tertiary/aromatic N) is 2. The van der Waals surface area contributed by atoms with Gasteiger partial charge in [-0.15, -0.1) is 11.3 Å². The second kappa shape index (κ2) is 5.61. The van der Waals surface area contributed by atoms with Gasteiger partial charge < -0.3 is 0 Å². The van der Waals surface area contributed by atoms with Gasteiger partial charge in [0.15, 0.2) is 4.96 Å². The highest BCUT2D eigenvalue weighted by atomic mass is 32.1. The van der Waals surface area contributed by atoms with E-state index in [1.807, 2.05) is 0 Å². The Labute approximate surface area is 118 Å². The van der Waals surface area contributed by atoms with Crippen LogP contribution in [0.3, 0.4) is 0 Å². The largest absolute Gasteiger partial charge is 0.297 e. The van der Waals surface area contributed by atoms with E-state index in [4.69, 9.17) is 5.84 Å². The molecule has 1 aliphatic carbocycles. The lowest BCUT2D eigenvalue weighted by atomic mass is 9.93. The summed E-state index contributed by atoms with van der Waals surface area (Å²) in [5.74, 6) is 7.37. The van der Waals surface area contributed by atoms with Gasteiger partial charge in [-0.2, -0.15) is 0 Å².